The summed E-state index contributed by atoms with van der Waals surface area (Å²) in [6.45, 7) is 2.90. The molecule has 2 aromatic carbocycles. The van der Waals surface area contributed by atoms with Crippen molar-refractivity contribution in [3.8, 4) is 0 Å². The van der Waals surface area contributed by atoms with Crippen molar-refractivity contribution < 1.29 is 0 Å². The van der Waals surface area contributed by atoms with Gasteiger partial charge in [-0.25, -0.2) is 4.98 Å². The highest BCUT2D eigenvalue weighted by Crippen LogP contribution is 2.15. The fourth-order valence-electron chi connectivity index (χ4n) is 2.02. The molecule has 3 aromatic rings. The van der Waals surface area contributed by atoms with Crippen LogP contribution in [-0.4, -0.2) is 9.97 Å². The molecule has 0 spiro atoms. The summed E-state index contributed by atoms with van der Waals surface area (Å²) in [5.74, 6) is 0.819. The van der Waals surface area contributed by atoms with Gasteiger partial charge in [-0.15, -0.1) is 0 Å². The number of rotatable bonds is 3. The highest BCUT2D eigenvalue weighted by molar-refractivity contribution is 5.77. The largest absolute Gasteiger partial charge is 0.352 e. The molecule has 1 aromatic heterocycles. The Hall–Kier alpha value is -2.29. The predicted molar refractivity (Wildman–Crippen MR) is 74.6 cm³/mol. The standard InChI is InChI=1S/C15H15N3/c1-11-6-2-3-7-12(11)10-16-15-17-13-8-4-5-9-14(13)18-15/h2-9H,10H2,1H3,(H2,16,17,18). The second kappa shape index (κ2) is 4.53. The Kier molecular flexibility index (Phi) is 2.73. The third kappa shape index (κ3) is 2.07. The molecular formula is C15H15N3. The van der Waals surface area contributed by atoms with Crippen LogP contribution < -0.4 is 5.32 Å². The minimum Gasteiger partial charge on any atom is -0.352 e. The first-order valence-corrected chi connectivity index (χ1v) is 6.06. The van der Waals surface area contributed by atoms with Gasteiger partial charge in [-0.3, -0.25) is 0 Å². The number of hydrogen-bond donors (Lipinski definition) is 2. The maximum Gasteiger partial charge on any atom is 0.201 e. The third-order valence-corrected chi connectivity index (χ3v) is 3.10. The Morgan fingerprint density at radius 2 is 1.83 bits per heavy atom. The van der Waals surface area contributed by atoms with E-state index in [4.69, 9.17) is 0 Å². The topological polar surface area (TPSA) is 40.7 Å². The molecule has 0 unspecified atom stereocenters. The first-order valence-electron chi connectivity index (χ1n) is 6.06. The summed E-state index contributed by atoms with van der Waals surface area (Å²) in [6, 6.07) is 16.4. The van der Waals surface area contributed by atoms with Crippen molar-refractivity contribution in [2.75, 3.05) is 5.32 Å². The van der Waals surface area contributed by atoms with E-state index in [9.17, 15) is 0 Å². The van der Waals surface area contributed by atoms with Crippen LogP contribution in [0.5, 0.6) is 0 Å². The van der Waals surface area contributed by atoms with Gasteiger partial charge >= 0.3 is 0 Å². The average Bonchev–Trinajstić information content (AvgIpc) is 2.80. The Morgan fingerprint density at radius 3 is 2.67 bits per heavy atom. The number of H-pyrrole nitrogens is 1. The molecule has 90 valence electrons. The summed E-state index contributed by atoms with van der Waals surface area (Å²) < 4.78 is 0. The molecule has 3 heteroatoms. The van der Waals surface area contributed by atoms with Gasteiger partial charge in [0.15, 0.2) is 0 Å². The van der Waals surface area contributed by atoms with E-state index in [0.29, 0.717) is 0 Å². The minimum atomic E-state index is 0.784. The minimum absolute atomic E-state index is 0.784. The average molecular weight is 237 g/mol. The maximum absolute atomic E-state index is 4.49. The van der Waals surface area contributed by atoms with Crippen molar-refractivity contribution in [3.05, 3.63) is 59.7 Å². The summed E-state index contributed by atoms with van der Waals surface area (Å²) in [4.78, 5) is 7.75. The summed E-state index contributed by atoms with van der Waals surface area (Å²) in [5.41, 5.74) is 4.63. The molecule has 0 radical (unpaired) electrons. The van der Waals surface area contributed by atoms with E-state index in [0.717, 1.165) is 23.5 Å². The second-order valence-corrected chi connectivity index (χ2v) is 4.38. The van der Waals surface area contributed by atoms with Gasteiger partial charge in [0.25, 0.3) is 0 Å². The number of aromatic amines is 1. The van der Waals surface area contributed by atoms with E-state index in [1.807, 2.05) is 24.3 Å². The molecule has 0 aliphatic carbocycles. The van der Waals surface area contributed by atoms with Gasteiger partial charge in [0.1, 0.15) is 0 Å². The van der Waals surface area contributed by atoms with Gasteiger partial charge in [0.2, 0.25) is 5.95 Å². The van der Waals surface area contributed by atoms with Crippen LogP contribution >= 0.6 is 0 Å². The van der Waals surface area contributed by atoms with Gasteiger partial charge in [0, 0.05) is 6.54 Å². The van der Waals surface area contributed by atoms with Gasteiger partial charge in [-0.1, -0.05) is 36.4 Å². The molecule has 0 bridgehead atoms. The molecule has 1 heterocycles. The van der Waals surface area contributed by atoms with Gasteiger partial charge in [0.05, 0.1) is 11.0 Å². The number of aryl methyl sites for hydroxylation is 1. The van der Waals surface area contributed by atoms with Crippen molar-refractivity contribution in [2.24, 2.45) is 0 Å². The van der Waals surface area contributed by atoms with Crippen LogP contribution in [0.3, 0.4) is 0 Å². The molecule has 3 rings (SSSR count). The third-order valence-electron chi connectivity index (χ3n) is 3.10. The van der Waals surface area contributed by atoms with Gasteiger partial charge in [-0.05, 0) is 30.2 Å². The van der Waals surface area contributed by atoms with Crippen LogP contribution in [0, 0.1) is 6.92 Å². The first kappa shape index (κ1) is 10.8. The molecule has 2 N–H and O–H groups in total. The number of nitrogens with zero attached hydrogens (tertiary/aromatic N) is 1. The quantitative estimate of drug-likeness (QED) is 0.732. The van der Waals surface area contributed by atoms with E-state index in [2.05, 4.69) is 46.5 Å². The Bertz CT molecular complexity index is 637. The number of fused-ring (bicyclic) bond motifs is 1. The fourth-order valence-corrected chi connectivity index (χ4v) is 2.02. The van der Waals surface area contributed by atoms with Crippen molar-refractivity contribution in [2.45, 2.75) is 13.5 Å². The molecule has 3 nitrogen and oxygen atoms in total. The highest BCUT2D eigenvalue weighted by Gasteiger charge is 2.02. The van der Waals surface area contributed by atoms with E-state index in [-0.39, 0.29) is 0 Å². The molecule has 0 aliphatic rings. The van der Waals surface area contributed by atoms with E-state index < -0.39 is 0 Å². The van der Waals surface area contributed by atoms with Crippen LogP contribution in [0.2, 0.25) is 0 Å². The molecule has 0 aliphatic heterocycles. The van der Waals surface area contributed by atoms with E-state index in [1.165, 1.54) is 11.1 Å². The number of benzene rings is 2. The lowest BCUT2D eigenvalue weighted by Crippen LogP contribution is -2.02. The lowest BCUT2D eigenvalue weighted by Gasteiger charge is -2.05. The number of aromatic nitrogens is 2. The van der Waals surface area contributed by atoms with Crippen molar-refractivity contribution in [1.82, 2.24) is 9.97 Å². The Morgan fingerprint density at radius 1 is 1.06 bits per heavy atom. The normalized spacial score (nSPS) is 10.7. The Balaban J connectivity index is 1.79. The Labute approximate surface area is 106 Å². The smallest absolute Gasteiger partial charge is 0.201 e. The fraction of sp³-hybridized carbons (Fsp3) is 0.133. The van der Waals surface area contributed by atoms with Crippen molar-refractivity contribution in [1.29, 1.82) is 0 Å². The molecule has 0 saturated carbocycles. The zero-order valence-corrected chi connectivity index (χ0v) is 10.3. The zero-order chi connectivity index (χ0) is 12.4. The van der Waals surface area contributed by atoms with Crippen LogP contribution in [0.25, 0.3) is 11.0 Å². The summed E-state index contributed by atoms with van der Waals surface area (Å²) >= 11 is 0. The lowest BCUT2D eigenvalue weighted by molar-refractivity contribution is 1.08. The van der Waals surface area contributed by atoms with Crippen molar-refractivity contribution >= 4 is 17.0 Å². The maximum atomic E-state index is 4.49. The van der Waals surface area contributed by atoms with E-state index in [1.54, 1.807) is 0 Å². The predicted octanol–water partition coefficient (Wildman–Crippen LogP) is 3.48. The molecule has 0 fully saturated rings. The SMILES string of the molecule is Cc1ccccc1CNc1nc2ccccc2[nH]1. The highest BCUT2D eigenvalue weighted by atomic mass is 15.1. The summed E-state index contributed by atoms with van der Waals surface area (Å²) in [6.07, 6.45) is 0. The lowest BCUT2D eigenvalue weighted by atomic mass is 10.1. The number of para-hydroxylation sites is 2. The molecule has 0 saturated heterocycles. The number of hydrogen-bond acceptors (Lipinski definition) is 2. The van der Waals surface area contributed by atoms with Gasteiger partial charge in [-0.2, -0.15) is 0 Å². The first-order chi connectivity index (χ1) is 8.83. The monoisotopic (exact) mass is 237 g/mol. The molecular weight excluding hydrogens is 222 g/mol. The molecule has 0 atom stereocenters. The van der Waals surface area contributed by atoms with Crippen LogP contribution in [-0.2, 0) is 6.54 Å². The molecule has 18 heavy (non-hydrogen) atoms. The molecule has 0 amide bonds. The van der Waals surface area contributed by atoms with Crippen LogP contribution in [0.1, 0.15) is 11.1 Å². The van der Waals surface area contributed by atoms with Crippen molar-refractivity contribution in [3.63, 3.8) is 0 Å². The zero-order valence-electron chi connectivity index (χ0n) is 10.3. The van der Waals surface area contributed by atoms with Crippen LogP contribution in [0.4, 0.5) is 5.95 Å². The number of imidazole rings is 1. The second-order valence-electron chi connectivity index (χ2n) is 4.38. The van der Waals surface area contributed by atoms with Gasteiger partial charge < -0.3 is 10.3 Å². The van der Waals surface area contributed by atoms with E-state index >= 15 is 0 Å². The summed E-state index contributed by atoms with van der Waals surface area (Å²) in [7, 11) is 0. The van der Waals surface area contributed by atoms with Crippen LogP contribution in [0.15, 0.2) is 48.5 Å². The summed E-state index contributed by atoms with van der Waals surface area (Å²) in [5, 5.41) is 3.32. The number of anilines is 1. The number of nitrogens with one attached hydrogen (secondary N) is 2.